The Kier molecular flexibility index (Phi) is 7.57. The third kappa shape index (κ3) is 5.80. The van der Waals surface area contributed by atoms with E-state index in [1.54, 1.807) is 29.1 Å². The largest absolute Gasteiger partial charge is 0.457 e. The van der Waals surface area contributed by atoms with Crippen molar-refractivity contribution in [2.24, 2.45) is 17.8 Å². The molecule has 0 saturated heterocycles. The number of nitrogens with one attached hydrogen (secondary N) is 1. The Balaban J connectivity index is 1.93. The van der Waals surface area contributed by atoms with E-state index < -0.39 is 0 Å². The van der Waals surface area contributed by atoms with E-state index >= 15 is 0 Å². The highest BCUT2D eigenvalue weighted by Gasteiger charge is 2.32. The van der Waals surface area contributed by atoms with Crippen LogP contribution in [-0.4, -0.2) is 36.2 Å². The van der Waals surface area contributed by atoms with Crippen LogP contribution in [0.4, 0.5) is 0 Å². The first kappa shape index (κ1) is 20.4. The molecular weight excluding hydrogens is 332 g/mol. The van der Waals surface area contributed by atoms with Crippen LogP contribution in [0.1, 0.15) is 50.4 Å². The third-order valence-corrected chi connectivity index (χ3v) is 5.22. The lowest BCUT2D eigenvalue weighted by atomic mass is 9.76. The molecule has 0 bridgehead atoms. The number of nitrogens with zero attached hydrogens (tertiary/aromatic N) is 1. The van der Waals surface area contributed by atoms with Crippen molar-refractivity contribution < 1.29 is 24.0 Å². The molecule has 1 amide bonds. The smallest absolute Gasteiger partial charge is 0.372 e. The van der Waals surface area contributed by atoms with Crippen molar-refractivity contribution >= 4 is 11.9 Å². The number of aliphatic hydroxyl groups is 1. The zero-order chi connectivity index (χ0) is 19.1. The zero-order valence-corrected chi connectivity index (χ0v) is 16.0. The highest BCUT2D eigenvalue weighted by Crippen LogP contribution is 2.34. The van der Waals surface area contributed by atoms with Crippen LogP contribution < -0.4 is 9.88 Å². The van der Waals surface area contributed by atoms with Crippen LogP contribution in [0.2, 0.25) is 0 Å². The minimum absolute atomic E-state index is 0.0275. The van der Waals surface area contributed by atoms with Crippen LogP contribution in [0.15, 0.2) is 24.5 Å². The van der Waals surface area contributed by atoms with Gasteiger partial charge in [0.1, 0.15) is 11.7 Å². The summed E-state index contributed by atoms with van der Waals surface area (Å²) in [6, 6.07) is 3.39. The normalized spacial score (nSPS) is 22.9. The van der Waals surface area contributed by atoms with E-state index in [1.165, 1.54) is 6.42 Å². The van der Waals surface area contributed by atoms with Crippen LogP contribution >= 0.6 is 0 Å². The Labute approximate surface area is 155 Å². The number of aromatic nitrogens is 1. The monoisotopic (exact) mass is 363 g/mol. The fourth-order valence-corrected chi connectivity index (χ4v) is 3.46. The molecule has 1 aliphatic rings. The Morgan fingerprint density at radius 2 is 2.15 bits per heavy atom. The van der Waals surface area contributed by atoms with Gasteiger partial charge in [0.25, 0.3) is 5.91 Å². The highest BCUT2D eigenvalue weighted by molar-refractivity contribution is 5.93. The van der Waals surface area contributed by atoms with Crippen LogP contribution in [0.3, 0.4) is 0 Å². The van der Waals surface area contributed by atoms with Gasteiger partial charge < -0.3 is 15.2 Å². The van der Waals surface area contributed by atoms with E-state index in [-0.39, 0.29) is 37.7 Å². The van der Waals surface area contributed by atoms with Gasteiger partial charge in [0.15, 0.2) is 12.4 Å². The summed E-state index contributed by atoms with van der Waals surface area (Å²) in [5.74, 6) is 1.04. The van der Waals surface area contributed by atoms with Crippen LogP contribution in [0, 0.1) is 17.8 Å². The van der Waals surface area contributed by atoms with Crippen molar-refractivity contribution in [2.75, 3.05) is 13.2 Å². The number of carbonyl (C=O) groups is 2. The molecule has 0 aliphatic heterocycles. The molecule has 0 radical (unpaired) electrons. The molecule has 2 rings (SSSR count). The molecule has 2 N–H and O–H groups in total. The van der Waals surface area contributed by atoms with E-state index in [4.69, 9.17) is 9.84 Å². The average Bonchev–Trinajstić information content (AvgIpc) is 2.61. The average molecular weight is 363 g/mol. The van der Waals surface area contributed by atoms with Gasteiger partial charge in [-0.25, -0.2) is 4.79 Å². The van der Waals surface area contributed by atoms with Gasteiger partial charge in [-0.1, -0.05) is 20.8 Å². The number of hydrogen-bond acceptors (Lipinski definition) is 4. The van der Waals surface area contributed by atoms with E-state index in [0.29, 0.717) is 23.3 Å². The number of aliphatic hydroxyl groups excluding tert-OH is 1. The number of pyridine rings is 1. The molecule has 1 aliphatic carbocycles. The third-order valence-electron chi connectivity index (χ3n) is 5.22. The summed E-state index contributed by atoms with van der Waals surface area (Å²) in [7, 11) is 0. The van der Waals surface area contributed by atoms with E-state index in [9.17, 15) is 9.59 Å². The predicted molar refractivity (Wildman–Crippen MR) is 97.3 cm³/mol. The first-order chi connectivity index (χ1) is 12.4. The molecular formula is C20H31N2O4+. The molecule has 0 unspecified atom stereocenters. The van der Waals surface area contributed by atoms with Crippen LogP contribution in [0.5, 0.6) is 0 Å². The van der Waals surface area contributed by atoms with Crippen molar-refractivity contribution in [3.63, 3.8) is 0 Å². The lowest BCUT2D eigenvalue weighted by molar-refractivity contribution is -0.686. The summed E-state index contributed by atoms with van der Waals surface area (Å²) < 4.78 is 7.42. The molecule has 1 aromatic rings. The molecule has 3 atom stereocenters. The van der Waals surface area contributed by atoms with Gasteiger partial charge in [0, 0.05) is 12.6 Å². The maximum Gasteiger partial charge on any atom is 0.372 e. The van der Waals surface area contributed by atoms with Gasteiger partial charge in [-0.15, -0.1) is 0 Å². The van der Waals surface area contributed by atoms with Crippen molar-refractivity contribution in [3.8, 4) is 0 Å². The molecule has 1 saturated carbocycles. The molecule has 1 aromatic heterocycles. The second kappa shape index (κ2) is 9.67. The standard InChI is InChI=1S/C20H30N2O4/c1-14(2)16-7-6-15(3)18(11-16)26-19(24)13-22-9-4-5-17(12-22)20(25)21-8-10-23/h4-5,9,12,14-16,18,23H,6-8,10-11,13H2,1-3H3/p+1/t15-,16-,18+/m1/s1. The lowest BCUT2D eigenvalue weighted by Crippen LogP contribution is -2.42. The number of esters is 1. The summed E-state index contributed by atoms with van der Waals surface area (Å²) in [5, 5.41) is 11.4. The van der Waals surface area contributed by atoms with Gasteiger partial charge in [-0.3, -0.25) is 4.79 Å². The molecule has 1 fully saturated rings. The summed E-state index contributed by atoms with van der Waals surface area (Å²) >= 11 is 0. The molecule has 6 nitrogen and oxygen atoms in total. The van der Waals surface area contributed by atoms with Crippen molar-refractivity contribution in [3.05, 3.63) is 30.1 Å². The van der Waals surface area contributed by atoms with Gasteiger partial charge in [0.05, 0.1) is 6.61 Å². The van der Waals surface area contributed by atoms with Gasteiger partial charge >= 0.3 is 5.97 Å². The van der Waals surface area contributed by atoms with Crippen molar-refractivity contribution in [1.29, 1.82) is 0 Å². The SMILES string of the molecule is CC(C)[C@@H]1CC[C@@H](C)[C@@H](OC(=O)C[n+]2cccc(C(=O)NCCO)c2)C1. The molecule has 0 aromatic carbocycles. The first-order valence-corrected chi connectivity index (χ1v) is 9.48. The van der Waals surface area contributed by atoms with E-state index in [0.717, 1.165) is 12.8 Å². The van der Waals surface area contributed by atoms with Crippen LogP contribution in [-0.2, 0) is 16.1 Å². The van der Waals surface area contributed by atoms with Crippen LogP contribution in [0.25, 0.3) is 0 Å². The van der Waals surface area contributed by atoms with E-state index in [1.807, 2.05) is 0 Å². The van der Waals surface area contributed by atoms with Gasteiger partial charge in [-0.2, -0.15) is 4.57 Å². The highest BCUT2D eigenvalue weighted by atomic mass is 16.5. The summed E-state index contributed by atoms with van der Waals surface area (Å²) in [6.07, 6.45) is 6.56. The zero-order valence-electron chi connectivity index (χ0n) is 16.0. The quantitative estimate of drug-likeness (QED) is 0.571. The lowest BCUT2D eigenvalue weighted by Gasteiger charge is -2.35. The molecule has 144 valence electrons. The summed E-state index contributed by atoms with van der Waals surface area (Å²) in [4.78, 5) is 24.3. The number of amides is 1. The molecule has 26 heavy (non-hydrogen) atoms. The topological polar surface area (TPSA) is 79.5 Å². The molecule has 1 heterocycles. The second-order valence-electron chi connectivity index (χ2n) is 7.57. The number of hydrogen-bond donors (Lipinski definition) is 2. The fraction of sp³-hybridized carbons (Fsp3) is 0.650. The van der Waals surface area contributed by atoms with Gasteiger partial charge in [-0.05, 0) is 43.1 Å². The molecule has 6 heteroatoms. The Bertz CT molecular complexity index is 618. The predicted octanol–water partition coefficient (Wildman–Crippen LogP) is 1.70. The summed E-state index contributed by atoms with van der Waals surface area (Å²) in [6.45, 7) is 6.77. The Hall–Kier alpha value is -1.95. The number of rotatable bonds is 7. The summed E-state index contributed by atoms with van der Waals surface area (Å²) in [5.41, 5.74) is 0.444. The number of ether oxygens (including phenoxy) is 1. The maximum absolute atomic E-state index is 12.4. The fourth-order valence-electron chi connectivity index (χ4n) is 3.46. The Morgan fingerprint density at radius 1 is 1.38 bits per heavy atom. The minimum atomic E-state index is -0.276. The Morgan fingerprint density at radius 3 is 2.85 bits per heavy atom. The van der Waals surface area contributed by atoms with Gasteiger partial charge in [0.2, 0.25) is 6.54 Å². The van der Waals surface area contributed by atoms with E-state index in [2.05, 4.69) is 26.1 Å². The number of carbonyl (C=O) groups excluding carboxylic acids is 2. The van der Waals surface area contributed by atoms with Crippen molar-refractivity contribution in [2.45, 2.75) is 52.7 Å². The minimum Gasteiger partial charge on any atom is -0.457 e. The maximum atomic E-state index is 12.4. The second-order valence-corrected chi connectivity index (χ2v) is 7.57. The molecule has 0 spiro atoms. The first-order valence-electron chi connectivity index (χ1n) is 9.48. The van der Waals surface area contributed by atoms with Crippen molar-refractivity contribution in [1.82, 2.24) is 5.32 Å².